The molecule has 1 aliphatic rings. The molecule has 2 rings (SSSR count). The van der Waals surface area contributed by atoms with Crippen LogP contribution >= 0.6 is 0 Å². The van der Waals surface area contributed by atoms with E-state index in [9.17, 15) is 13.2 Å². The van der Waals surface area contributed by atoms with Gasteiger partial charge in [0.25, 0.3) is 0 Å². The number of nitrogens with two attached hydrogens (primary N) is 1. The van der Waals surface area contributed by atoms with Gasteiger partial charge in [-0.15, -0.1) is 0 Å². The molecular weight excluding hydrogens is 266 g/mol. The lowest BCUT2D eigenvalue weighted by atomic mass is 10.3. The first kappa shape index (κ1) is 14.0. The molecular formula is C12H17N3O3S. The molecule has 19 heavy (non-hydrogen) atoms. The highest BCUT2D eigenvalue weighted by molar-refractivity contribution is 7.89. The van der Waals surface area contributed by atoms with Crippen LogP contribution in [0.3, 0.4) is 0 Å². The maximum Gasteiger partial charge on any atom is 0.240 e. The van der Waals surface area contributed by atoms with Gasteiger partial charge in [-0.1, -0.05) is 6.07 Å². The number of anilines is 1. The Morgan fingerprint density at radius 3 is 2.68 bits per heavy atom. The van der Waals surface area contributed by atoms with E-state index in [-0.39, 0.29) is 16.8 Å². The summed E-state index contributed by atoms with van der Waals surface area (Å²) in [6.45, 7) is 1.56. The fourth-order valence-corrected chi connectivity index (χ4v) is 2.84. The van der Waals surface area contributed by atoms with Crippen LogP contribution in [0.4, 0.5) is 5.69 Å². The average molecular weight is 283 g/mol. The van der Waals surface area contributed by atoms with E-state index in [1.807, 2.05) is 0 Å². The molecule has 7 heteroatoms. The summed E-state index contributed by atoms with van der Waals surface area (Å²) in [6.07, 6.45) is 1.75. The Hall–Kier alpha value is -1.44. The molecule has 1 atom stereocenters. The van der Waals surface area contributed by atoms with Crippen LogP contribution < -0.4 is 15.8 Å². The van der Waals surface area contributed by atoms with E-state index in [2.05, 4.69) is 10.0 Å². The van der Waals surface area contributed by atoms with Gasteiger partial charge in [0.05, 0.1) is 10.9 Å². The highest BCUT2D eigenvalue weighted by atomic mass is 32.2. The van der Waals surface area contributed by atoms with Gasteiger partial charge in [-0.3, -0.25) is 4.79 Å². The van der Waals surface area contributed by atoms with Crippen LogP contribution in [-0.2, 0) is 14.8 Å². The van der Waals surface area contributed by atoms with Crippen molar-refractivity contribution in [2.24, 2.45) is 5.73 Å². The summed E-state index contributed by atoms with van der Waals surface area (Å²) in [5, 5.41) is 2.57. The van der Waals surface area contributed by atoms with Crippen LogP contribution in [0.15, 0.2) is 29.2 Å². The number of sulfonamides is 1. The van der Waals surface area contributed by atoms with E-state index >= 15 is 0 Å². The van der Waals surface area contributed by atoms with Gasteiger partial charge in [-0.25, -0.2) is 13.1 Å². The molecule has 4 N–H and O–H groups in total. The van der Waals surface area contributed by atoms with Crippen molar-refractivity contribution >= 4 is 21.6 Å². The van der Waals surface area contributed by atoms with Gasteiger partial charge in [0.1, 0.15) is 0 Å². The number of hydrogen-bond acceptors (Lipinski definition) is 4. The Labute approximate surface area is 112 Å². The summed E-state index contributed by atoms with van der Waals surface area (Å²) in [4.78, 5) is 11.6. The smallest absolute Gasteiger partial charge is 0.240 e. The number of carbonyl (C=O) groups is 1. The summed E-state index contributed by atoms with van der Waals surface area (Å²) in [6, 6.07) is 5.52. The van der Waals surface area contributed by atoms with E-state index in [0.29, 0.717) is 5.69 Å². The first-order valence-electron chi connectivity index (χ1n) is 6.07. The van der Waals surface area contributed by atoms with Crippen molar-refractivity contribution in [1.29, 1.82) is 0 Å². The number of benzene rings is 1. The Morgan fingerprint density at radius 2 is 2.11 bits per heavy atom. The predicted molar refractivity (Wildman–Crippen MR) is 72.1 cm³/mol. The van der Waals surface area contributed by atoms with Crippen molar-refractivity contribution in [3.8, 4) is 0 Å². The van der Waals surface area contributed by atoms with Gasteiger partial charge in [0.2, 0.25) is 15.9 Å². The molecule has 0 radical (unpaired) electrons. The number of carbonyl (C=O) groups excluding carboxylic acids is 1. The second-order valence-electron chi connectivity index (χ2n) is 4.70. The van der Waals surface area contributed by atoms with Crippen LogP contribution in [0.25, 0.3) is 0 Å². The minimum absolute atomic E-state index is 0.0484. The van der Waals surface area contributed by atoms with Crippen molar-refractivity contribution in [1.82, 2.24) is 4.72 Å². The molecule has 1 saturated carbocycles. The maximum absolute atomic E-state index is 12.0. The normalized spacial score (nSPS) is 16.9. The molecule has 0 bridgehead atoms. The lowest BCUT2D eigenvalue weighted by molar-refractivity contribution is -0.117. The Morgan fingerprint density at radius 1 is 1.42 bits per heavy atom. The number of rotatable bonds is 5. The molecule has 1 aromatic rings. The fraction of sp³-hybridized carbons (Fsp3) is 0.417. The SMILES string of the molecule is C[C@@H](N)C(=O)Nc1cccc(S(=O)(=O)NC2CC2)c1. The topological polar surface area (TPSA) is 101 Å². The van der Waals surface area contributed by atoms with Crippen molar-refractivity contribution in [3.63, 3.8) is 0 Å². The molecule has 0 spiro atoms. The van der Waals surface area contributed by atoms with Gasteiger partial charge in [0, 0.05) is 11.7 Å². The molecule has 104 valence electrons. The minimum Gasteiger partial charge on any atom is -0.325 e. The lowest BCUT2D eigenvalue weighted by Gasteiger charge is -2.10. The van der Waals surface area contributed by atoms with E-state index in [4.69, 9.17) is 5.73 Å². The third kappa shape index (κ3) is 3.76. The largest absolute Gasteiger partial charge is 0.325 e. The zero-order valence-corrected chi connectivity index (χ0v) is 11.4. The molecule has 1 aromatic carbocycles. The molecule has 1 aliphatic carbocycles. The zero-order chi connectivity index (χ0) is 14.0. The molecule has 0 unspecified atom stereocenters. The number of hydrogen-bond donors (Lipinski definition) is 3. The molecule has 6 nitrogen and oxygen atoms in total. The maximum atomic E-state index is 12.0. The molecule has 0 aromatic heterocycles. The Bertz CT molecular complexity index is 580. The predicted octanol–water partition coefficient (Wildman–Crippen LogP) is 0.413. The van der Waals surface area contributed by atoms with Crippen LogP contribution in [-0.4, -0.2) is 26.4 Å². The van der Waals surface area contributed by atoms with E-state index in [1.165, 1.54) is 12.1 Å². The summed E-state index contributed by atoms with van der Waals surface area (Å²) in [5.74, 6) is -0.357. The quantitative estimate of drug-likeness (QED) is 0.728. The van der Waals surface area contributed by atoms with Gasteiger partial charge in [-0.2, -0.15) is 0 Å². The third-order valence-electron chi connectivity index (χ3n) is 2.72. The Balaban J connectivity index is 2.16. The van der Waals surface area contributed by atoms with Gasteiger partial charge >= 0.3 is 0 Å². The van der Waals surface area contributed by atoms with E-state index in [1.54, 1.807) is 19.1 Å². The average Bonchev–Trinajstić information content (AvgIpc) is 3.12. The summed E-state index contributed by atoms with van der Waals surface area (Å²) >= 11 is 0. The van der Waals surface area contributed by atoms with E-state index < -0.39 is 16.1 Å². The van der Waals surface area contributed by atoms with Crippen molar-refractivity contribution in [2.45, 2.75) is 36.7 Å². The van der Waals surface area contributed by atoms with Crippen LogP contribution in [0.5, 0.6) is 0 Å². The molecule has 1 amide bonds. The summed E-state index contributed by atoms with van der Waals surface area (Å²) < 4.78 is 26.6. The van der Waals surface area contributed by atoms with Crippen LogP contribution in [0.2, 0.25) is 0 Å². The molecule has 0 heterocycles. The van der Waals surface area contributed by atoms with Crippen LogP contribution in [0, 0.1) is 0 Å². The highest BCUT2D eigenvalue weighted by Gasteiger charge is 2.28. The third-order valence-corrected chi connectivity index (χ3v) is 4.24. The summed E-state index contributed by atoms with van der Waals surface area (Å²) in [7, 11) is -3.51. The zero-order valence-electron chi connectivity index (χ0n) is 10.6. The van der Waals surface area contributed by atoms with Crippen molar-refractivity contribution in [2.75, 3.05) is 5.32 Å². The highest BCUT2D eigenvalue weighted by Crippen LogP contribution is 2.23. The van der Waals surface area contributed by atoms with Crippen LogP contribution in [0.1, 0.15) is 19.8 Å². The van der Waals surface area contributed by atoms with Gasteiger partial charge in [0.15, 0.2) is 0 Å². The number of nitrogens with one attached hydrogen (secondary N) is 2. The lowest BCUT2D eigenvalue weighted by Crippen LogP contribution is -2.32. The Kier molecular flexibility index (Phi) is 3.88. The van der Waals surface area contributed by atoms with E-state index in [0.717, 1.165) is 12.8 Å². The monoisotopic (exact) mass is 283 g/mol. The second-order valence-corrected chi connectivity index (χ2v) is 6.42. The molecule has 0 saturated heterocycles. The minimum atomic E-state index is -3.51. The number of amides is 1. The first-order chi connectivity index (χ1) is 8.88. The molecule has 1 fully saturated rings. The fourth-order valence-electron chi connectivity index (χ4n) is 1.49. The van der Waals surface area contributed by atoms with Gasteiger partial charge in [-0.05, 0) is 38.0 Å². The van der Waals surface area contributed by atoms with Crippen molar-refractivity contribution < 1.29 is 13.2 Å². The molecule has 0 aliphatic heterocycles. The standard InChI is InChI=1S/C12H17N3O3S/c1-8(13)12(16)14-10-3-2-4-11(7-10)19(17,18)15-9-5-6-9/h2-4,7-9,15H,5-6,13H2,1H3,(H,14,16)/t8-/m1/s1. The summed E-state index contributed by atoms with van der Waals surface area (Å²) in [5.41, 5.74) is 5.86. The first-order valence-corrected chi connectivity index (χ1v) is 7.55. The van der Waals surface area contributed by atoms with Crippen molar-refractivity contribution in [3.05, 3.63) is 24.3 Å². The second kappa shape index (κ2) is 5.28. The van der Waals surface area contributed by atoms with Gasteiger partial charge < -0.3 is 11.1 Å².